The highest BCUT2D eigenvalue weighted by Crippen LogP contribution is 2.37. The lowest BCUT2D eigenvalue weighted by Crippen LogP contribution is -2.33. The van der Waals surface area contributed by atoms with E-state index in [1.54, 1.807) is 6.07 Å². The molecule has 0 heterocycles. The first-order valence-corrected chi connectivity index (χ1v) is 8.22. The van der Waals surface area contributed by atoms with Crippen molar-refractivity contribution in [3.8, 4) is 0 Å². The van der Waals surface area contributed by atoms with Crippen LogP contribution in [-0.4, -0.2) is 13.6 Å². The molecule has 1 N–H and O–H groups in total. The molecule has 0 amide bonds. The lowest BCUT2D eigenvalue weighted by Gasteiger charge is -2.36. The standard InChI is InChI=1S/C18H27F2N/c1-3-4-13-5-7-15(12-21-2)16(9-13)10-14-6-8-17(19)18(20)11-14/h6,8,11,13,15-16,21H,3-5,7,9-10,12H2,1-2H3. The zero-order valence-electron chi connectivity index (χ0n) is 13.2. The maximum atomic E-state index is 13.4. The number of nitrogens with one attached hydrogen (secondary N) is 1. The molecule has 2 rings (SSSR count). The van der Waals surface area contributed by atoms with Crippen molar-refractivity contribution < 1.29 is 8.78 Å². The fraction of sp³-hybridized carbons (Fsp3) is 0.667. The van der Waals surface area contributed by atoms with Crippen LogP contribution in [0.15, 0.2) is 18.2 Å². The first-order chi connectivity index (χ1) is 10.1. The third-order valence-electron chi connectivity index (χ3n) is 4.89. The predicted octanol–water partition coefficient (Wildman–Crippen LogP) is 4.56. The molecule has 1 aromatic carbocycles. The predicted molar refractivity (Wildman–Crippen MR) is 83.2 cm³/mol. The van der Waals surface area contributed by atoms with Crippen molar-refractivity contribution in [3.05, 3.63) is 35.4 Å². The molecule has 0 saturated heterocycles. The highest BCUT2D eigenvalue weighted by atomic mass is 19.2. The van der Waals surface area contributed by atoms with Crippen LogP contribution in [0.25, 0.3) is 0 Å². The molecule has 1 aromatic rings. The molecule has 1 nitrogen and oxygen atoms in total. The summed E-state index contributed by atoms with van der Waals surface area (Å²) in [6.45, 7) is 3.26. The van der Waals surface area contributed by atoms with Crippen LogP contribution in [0.2, 0.25) is 0 Å². The lowest BCUT2D eigenvalue weighted by molar-refractivity contribution is 0.169. The topological polar surface area (TPSA) is 12.0 Å². The second kappa shape index (κ2) is 7.88. The van der Waals surface area contributed by atoms with Crippen molar-refractivity contribution in [1.29, 1.82) is 0 Å². The van der Waals surface area contributed by atoms with Crippen LogP contribution in [0.1, 0.15) is 44.6 Å². The van der Waals surface area contributed by atoms with Gasteiger partial charge < -0.3 is 5.32 Å². The maximum absolute atomic E-state index is 13.4. The Morgan fingerprint density at radius 1 is 1.14 bits per heavy atom. The third-order valence-corrected chi connectivity index (χ3v) is 4.89. The highest BCUT2D eigenvalue weighted by molar-refractivity contribution is 5.18. The maximum Gasteiger partial charge on any atom is 0.159 e. The first-order valence-electron chi connectivity index (χ1n) is 8.22. The average molecular weight is 295 g/mol. The summed E-state index contributed by atoms with van der Waals surface area (Å²) >= 11 is 0. The average Bonchev–Trinajstić information content (AvgIpc) is 2.46. The summed E-state index contributed by atoms with van der Waals surface area (Å²) in [7, 11) is 1.99. The Hall–Kier alpha value is -0.960. The van der Waals surface area contributed by atoms with E-state index in [0.717, 1.165) is 24.4 Å². The van der Waals surface area contributed by atoms with Gasteiger partial charge in [-0.3, -0.25) is 0 Å². The smallest absolute Gasteiger partial charge is 0.159 e. The Kier molecular flexibility index (Phi) is 6.16. The van der Waals surface area contributed by atoms with Crippen LogP contribution in [0.5, 0.6) is 0 Å². The van der Waals surface area contributed by atoms with E-state index < -0.39 is 11.6 Å². The van der Waals surface area contributed by atoms with Crippen molar-refractivity contribution >= 4 is 0 Å². The summed E-state index contributed by atoms with van der Waals surface area (Å²) in [6, 6.07) is 4.36. The van der Waals surface area contributed by atoms with Crippen molar-refractivity contribution in [3.63, 3.8) is 0 Å². The van der Waals surface area contributed by atoms with Gasteiger partial charge in [0.2, 0.25) is 0 Å². The largest absolute Gasteiger partial charge is 0.319 e. The van der Waals surface area contributed by atoms with Gasteiger partial charge >= 0.3 is 0 Å². The van der Waals surface area contributed by atoms with Gasteiger partial charge in [0.05, 0.1) is 0 Å². The zero-order valence-corrected chi connectivity index (χ0v) is 13.2. The van der Waals surface area contributed by atoms with E-state index in [4.69, 9.17) is 0 Å². The summed E-state index contributed by atoms with van der Waals surface area (Å²) < 4.78 is 26.4. The van der Waals surface area contributed by atoms with Crippen molar-refractivity contribution in [1.82, 2.24) is 5.32 Å². The monoisotopic (exact) mass is 295 g/mol. The summed E-state index contributed by atoms with van der Waals surface area (Å²) in [5.41, 5.74) is 0.928. The molecule has 3 unspecified atom stereocenters. The molecular weight excluding hydrogens is 268 g/mol. The van der Waals surface area contributed by atoms with E-state index >= 15 is 0 Å². The van der Waals surface area contributed by atoms with Crippen molar-refractivity contribution in [2.45, 2.75) is 45.4 Å². The van der Waals surface area contributed by atoms with Gasteiger partial charge in [0.25, 0.3) is 0 Å². The number of halogens is 2. The Morgan fingerprint density at radius 3 is 2.62 bits per heavy atom. The molecule has 1 fully saturated rings. The molecule has 0 bridgehead atoms. The Labute approximate surface area is 127 Å². The van der Waals surface area contributed by atoms with Crippen LogP contribution in [-0.2, 0) is 6.42 Å². The summed E-state index contributed by atoms with van der Waals surface area (Å²) in [4.78, 5) is 0. The number of rotatable bonds is 6. The van der Waals surface area contributed by atoms with Gasteiger partial charge in [0, 0.05) is 0 Å². The molecule has 21 heavy (non-hydrogen) atoms. The van der Waals surface area contributed by atoms with Gasteiger partial charge in [-0.15, -0.1) is 0 Å². The molecule has 3 heteroatoms. The molecular formula is C18H27F2N. The van der Waals surface area contributed by atoms with E-state index in [1.165, 1.54) is 44.2 Å². The molecule has 0 aliphatic heterocycles. The second-order valence-electron chi connectivity index (χ2n) is 6.50. The Morgan fingerprint density at radius 2 is 1.95 bits per heavy atom. The van der Waals surface area contributed by atoms with Crippen LogP contribution >= 0.6 is 0 Å². The van der Waals surface area contributed by atoms with Crippen LogP contribution in [0.4, 0.5) is 8.78 Å². The number of hydrogen-bond acceptors (Lipinski definition) is 1. The molecule has 118 valence electrons. The van der Waals surface area contributed by atoms with Crippen LogP contribution in [0.3, 0.4) is 0 Å². The van der Waals surface area contributed by atoms with Crippen molar-refractivity contribution in [2.24, 2.45) is 17.8 Å². The minimum atomic E-state index is -0.752. The van der Waals surface area contributed by atoms with E-state index in [1.807, 2.05) is 7.05 Å². The van der Waals surface area contributed by atoms with E-state index in [-0.39, 0.29) is 0 Å². The Bertz CT molecular complexity index is 447. The molecule has 0 radical (unpaired) electrons. The van der Waals surface area contributed by atoms with Gasteiger partial charge in [-0.1, -0.05) is 32.3 Å². The summed E-state index contributed by atoms with van der Waals surface area (Å²) in [5, 5.41) is 3.29. The minimum absolute atomic E-state index is 0.576. The molecule has 1 aliphatic rings. The second-order valence-corrected chi connectivity index (χ2v) is 6.50. The van der Waals surface area contributed by atoms with Gasteiger partial charge in [-0.2, -0.15) is 0 Å². The highest BCUT2D eigenvalue weighted by Gasteiger charge is 2.29. The fourth-order valence-electron chi connectivity index (χ4n) is 3.84. The third kappa shape index (κ3) is 4.50. The minimum Gasteiger partial charge on any atom is -0.319 e. The summed E-state index contributed by atoms with van der Waals surface area (Å²) in [5.74, 6) is 0.554. The lowest BCUT2D eigenvalue weighted by atomic mass is 9.70. The van der Waals surface area contributed by atoms with E-state index in [9.17, 15) is 8.78 Å². The number of benzene rings is 1. The van der Waals surface area contributed by atoms with E-state index in [0.29, 0.717) is 11.8 Å². The summed E-state index contributed by atoms with van der Waals surface area (Å²) in [6.07, 6.45) is 7.18. The fourth-order valence-corrected chi connectivity index (χ4v) is 3.84. The van der Waals surface area contributed by atoms with Crippen molar-refractivity contribution in [2.75, 3.05) is 13.6 Å². The van der Waals surface area contributed by atoms with Crippen LogP contribution < -0.4 is 5.32 Å². The van der Waals surface area contributed by atoms with Crippen LogP contribution in [0, 0.1) is 29.4 Å². The SMILES string of the molecule is CCCC1CCC(CNC)C(Cc2ccc(F)c(F)c2)C1. The molecule has 1 saturated carbocycles. The molecule has 0 spiro atoms. The number of hydrogen-bond donors (Lipinski definition) is 1. The normalized spacial score (nSPS) is 26.0. The van der Waals surface area contributed by atoms with Gasteiger partial charge in [0.1, 0.15) is 0 Å². The van der Waals surface area contributed by atoms with Gasteiger partial charge in [0.15, 0.2) is 11.6 Å². The molecule has 1 aliphatic carbocycles. The van der Waals surface area contributed by atoms with Gasteiger partial charge in [-0.05, 0) is 68.3 Å². The Balaban J connectivity index is 2.05. The van der Waals surface area contributed by atoms with E-state index in [2.05, 4.69) is 12.2 Å². The molecule has 0 aromatic heterocycles. The first kappa shape index (κ1) is 16.4. The van der Waals surface area contributed by atoms with Gasteiger partial charge in [-0.25, -0.2) is 8.78 Å². The quantitative estimate of drug-likeness (QED) is 0.811. The molecule has 3 atom stereocenters. The zero-order chi connectivity index (χ0) is 15.2.